The van der Waals surface area contributed by atoms with E-state index in [1.54, 1.807) is 30.4 Å². The lowest BCUT2D eigenvalue weighted by atomic mass is 10.2. The first-order chi connectivity index (χ1) is 12.9. The second kappa shape index (κ2) is 8.45. The molecule has 3 aromatic rings. The van der Waals surface area contributed by atoms with Crippen molar-refractivity contribution in [2.45, 2.75) is 19.4 Å². The highest BCUT2D eigenvalue weighted by Crippen LogP contribution is 2.23. The number of halogens is 1. The van der Waals surface area contributed by atoms with Gasteiger partial charge in [-0.1, -0.05) is 6.07 Å². The highest BCUT2D eigenvalue weighted by molar-refractivity contribution is 7.10. The van der Waals surface area contributed by atoms with Gasteiger partial charge in [0.1, 0.15) is 11.6 Å². The third-order valence-corrected chi connectivity index (χ3v) is 5.27. The first-order valence-corrected chi connectivity index (χ1v) is 9.50. The predicted octanol–water partition coefficient (Wildman–Crippen LogP) is 3.81. The van der Waals surface area contributed by atoms with E-state index in [0.717, 1.165) is 0 Å². The van der Waals surface area contributed by atoms with Crippen LogP contribution in [0.2, 0.25) is 0 Å². The summed E-state index contributed by atoms with van der Waals surface area (Å²) >= 11 is 1.67. The summed E-state index contributed by atoms with van der Waals surface area (Å²) in [7, 11) is 3.99. The van der Waals surface area contributed by atoms with Crippen molar-refractivity contribution >= 4 is 17.2 Å². The molecule has 1 amide bonds. The Balaban J connectivity index is 1.63. The molecule has 142 valence electrons. The molecule has 2 heterocycles. The first kappa shape index (κ1) is 19.3. The normalized spacial score (nSPS) is 12.3. The molecule has 0 aliphatic rings. The third-order valence-electron chi connectivity index (χ3n) is 4.30. The average molecular weight is 387 g/mol. The van der Waals surface area contributed by atoms with Crippen LogP contribution in [0.3, 0.4) is 0 Å². The van der Waals surface area contributed by atoms with Gasteiger partial charge in [-0.2, -0.15) is 0 Å². The fourth-order valence-electron chi connectivity index (χ4n) is 2.75. The van der Waals surface area contributed by atoms with E-state index in [9.17, 15) is 9.18 Å². The van der Waals surface area contributed by atoms with E-state index in [1.165, 1.54) is 17.0 Å². The Kier molecular flexibility index (Phi) is 6.03. The van der Waals surface area contributed by atoms with Crippen LogP contribution >= 0.6 is 11.3 Å². The summed E-state index contributed by atoms with van der Waals surface area (Å²) in [6, 6.07) is 10.1. The molecule has 1 N–H and O–H groups in total. The van der Waals surface area contributed by atoms with Gasteiger partial charge in [0.05, 0.1) is 18.2 Å². The summed E-state index contributed by atoms with van der Waals surface area (Å²) in [4.78, 5) is 20.1. The Morgan fingerprint density at radius 2 is 2.04 bits per heavy atom. The SMILES string of the molecule is Cc1oc(-c2ccc(F)cc2)nc1CC(=O)NCC(c1cccs1)N(C)C. The second-order valence-electron chi connectivity index (χ2n) is 6.50. The van der Waals surface area contributed by atoms with Crippen LogP contribution in [-0.2, 0) is 11.2 Å². The molecule has 0 saturated carbocycles. The Labute approximate surface area is 161 Å². The molecular weight excluding hydrogens is 365 g/mol. The van der Waals surface area contributed by atoms with Crippen molar-refractivity contribution in [2.75, 3.05) is 20.6 Å². The molecule has 0 radical (unpaired) electrons. The number of nitrogens with zero attached hydrogens (tertiary/aromatic N) is 2. The number of likely N-dealkylation sites (N-methyl/N-ethyl adjacent to an activating group) is 1. The van der Waals surface area contributed by atoms with Gasteiger partial charge in [0.15, 0.2) is 0 Å². The fourth-order valence-corrected chi connectivity index (χ4v) is 3.67. The van der Waals surface area contributed by atoms with Gasteiger partial charge in [-0.25, -0.2) is 9.37 Å². The molecule has 5 nitrogen and oxygen atoms in total. The lowest BCUT2D eigenvalue weighted by Crippen LogP contribution is -2.35. The van der Waals surface area contributed by atoms with Crippen LogP contribution in [0.25, 0.3) is 11.5 Å². The lowest BCUT2D eigenvalue weighted by molar-refractivity contribution is -0.120. The summed E-state index contributed by atoms with van der Waals surface area (Å²) in [5, 5.41) is 5.01. The van der Waals surface area contributed by atoms with Crippen LogP contribution < -0.4 is 5.32 Å². The Morgan fingerprint density at radius 3 is 2.67 bits per heavy atom. The average Bonchev–Trinajstić information content (AvgIpc) is 3.26. The van der Waals surface area contributed by atoms with E-state index < -0.39 is 0 Å². The van der Waals surface area contributed by atoms with Gasteiger partial charge in [-0.15, -0.1) is 11.3 Å². The number of rotatable bonds is 7. The maximum atomic E-state index is 13.1. The number of thiophene rings is 1. The van der Waals surface area contributed by atoms with E-state index in [1.807, 2.05) is 25.5 Å². The number of hydrogen-bond donors (Lipinski definition) is 1. The Morgan fingerprint density at radius 1 is 1.30 bits per heavy atom. The minimum Gasteiger partial charge on any atom is -0.441 e. The number of hydrogen-bond acceptors (Lipinski definition) is 5. The number of benzene rings is 1. The summed E-state index contributed by atoms with van der Waals surface area (Å²) < 4.78 is 18.7. The number of oxazole rings is 1. The molecule has 3 rings (SSSR count). The zero-order valence-corrected chi connectivity index (χ0v) is 16.3. The number of carbonyl (C=O) groups is 1. The summed E-state index contributed by atoms with van der Waals surface area (Å²) in [5.41, 5.74) is 1.26. The van der Waals surface area contributed by atoms with Crippen molar-refractivity contribution in [3.8, 4) is 11.5 Å². The molecule has 2 aromatic heterocycles. The smallest absolute Gasteiger partial charge is 0.226 e. The zero-order chi connectivity index (χ0) is 19.4. The minimum atomic E-state index is -0.317. The number of nitrogens with one attached hydrogen (secondary N) is 1. The summed E-state index contributed by atoms with van der Waals surface area (Å²) in [6.45, 7) is 2.30. The van der Waals surface area contributed by atoms with Crippen LogP contribution in [0, 0.1) is 12.7 Å². The van der Waals surface area contributed by atoms with Crippen molar-refractivity contribution in [2.24, 2.45) is 0 Å². The van der Waals surface area contributed by atoms with Crippen molar-refractivity contribution in [3.05, 3.63) is 63.9 Å². The predicted molar refractivity (Wildman–Crippen MR) is 104 cm³/mol. The fraction of sp³-hybridized carbons (Fsp3) is 0.300. The highest BCUT2D eigenvalue weighted by Gasteiger charge is 2.18. The molecule has 1 aromatic carbocycles. The van der Waals surface area contributed by atoms with Crippen molar-refractivity contribution in [1.29, 1.82) is 0 Å². The molecule has 1 atom stereocenters. The van der Waals surface area contributed by atoms with Crippen LogP contribution in [0.4, 0.5) is 4.39 Å². The quantitative estimate of drug-likeness (QED) is 0.670. The first-order valence-electron chi connectivity index (χ1n) is 8.63. The van der Waals surface area contributed by atoms with Gasteiger partial charge in [0.25, 0.3) is 0 Å². The monoisotopic (exact) mass is 387 g/mol. The van der Waals surface area contributed by atoms with Crippen LogP contribution in [-0.4, -0.2) is 36.4 Å². The van der Waals surface area contributed by atoms with Gasteiger partial charge >= 0.3 is 0 Å². The van der Waals surface area contributed by atoms with Gasteiger partial charge in [0, 0.05) is 17.0 Å². The molecule has 0 bridgehead atoms. The number of amides is 1. The van der Waals surface area contributed by atoms with Crippen LogP contribution in [0.15, 0.2) is 46.2 Å². The Bertz CT molecular complexity index is 889. The van der Waals surface area contributed by atoms with E-state index in [4.69, 9.17) is 4.42 Å². The maximum Gasteiger partial charge on any atom is 0.226 e. The third kappa shape index (κ3) is 4.81. The van der Waals surface area contributed by atoms with Crippen molar-refractivity contribution < 1.29 is 13.6 Å². The van der Waals surface area contributed by atoms with Crippen molar-refractivity contribution in [1.82, 2.24) is 15.2 Å². The van der Waals surface area contributed by atoms with Gasteiger partial charge in [-0.05, 0) is 56.7 Å². The molecule has 0 aliphatic heterocycles. The maximum absolute atomic E-state index is 13.1. The van der Waals surface area contributed by atoms with E-state index in [2.05, 4.69) is 21.3 Å². The largest absolute Gasteiger partial charge is 0.441 e. The summed E-state index contributed by atoms with van der Waals surface area (Å²) in [5.74, 6) is 0.551. The molecule has 0 fully saturated rings. The molecular formula is C20H22FN3O2S. The molecule has 1 unspecified atom stereocenters. The van der Waals surface area contributed by atoms with Gasteiger partial charge < -0.3 is 14.6 Å². The van der Waals surface area contributed by atoms with E-state index in [-0.39, 0.29) is 24.2 Å². The molecule has 27 heavy (non-hydrogen) atoms. The molecule has 0 spiro atoms. The van der Waals surface area contributed by atoms with E-state index in [0.29, 0.717) is 29.5 Å². The number of carbonyl (C=O) groups excluding carboxylic acids is 1. The van der Waals surface area contributed by atoms with Crippen molar-refractivity contribution in [3.63, 3.8) is 0 Å². The number of aromatic nitrogens is 1. The van der Waals surface area contributed by atoms with E-state index >= 15 is 0 Å². The van der Waals surface area contributed by atoms with Gasteiger partial charge in [0.2, 0.25) is 11.8 Å². The summed E-state index contributed by atoms with van der Waals surface area (Å²) in [6.07, 6.45) is 0.140. The van der Waals surface area contributed by atoms with Crippen LogP contribution in [0.1, 0.15) is 22.4 Å². The lowest BCUT2D eigenvalue weighted by Gasteiger charge is -2.23. The minimum absolute atomic E-state index is 0.111. The van der Waals surface area contributed by atoms with Gasteiger partial charge in [-0.3, -0.25) is 4.79 Å². The van der Waals surface area contributed by atoms with Crippen LogP contribution in [0.5, 0.6) is 0 Å². The standard InChI is InChI=1S/C20H22FN3O2S/c1-13-16(23-20(26-13)14-6-8-15(21)9-7-14)11-19(25)22-12-17(24(2)3)18-5-4-10-27-18/h4-10,17H,11-12H2,1-3H3,(H,22,25). The second-order valence-corrected chi connectivity index (χ2v) is 7.48. The molecule has 0 saturated heterocycles. The molecule has 0 aliphatic carbocycles. The number of aryl methyl sites for hydroxylation is 1. The topological polar surface area (TPSA) is 58.4 Å². The Hall–Kier alpha value is -2.51. The highest BCUT2D eigenvalue weighted by atomic mass is 32.1. The molecule has 7 heteroatoms. The zero-order valence-electron chi connectivity index (χ0n) is 15.5.